The first kappa shape index (κ1) is 24.4. The van der Waals surface area contributed by atoms with Crippen molar-refractivity contribution in [3.8, 4) is 5.75 Å². The molecule has 1 fully saturated rings. The quantitative estimate of drug-likeness (QED) is 0.497. The number of hydrogen-bond donors (Lipinski definition) is 1. The molecule has 13 heteroatoms. The number of amides is 1. The first-order valence-electron chi connectivity index (χ1n) is 11.4. The zero-order valence-electron chi connectivity index (χ0n) is 19.4. The van der Waals surface area contributed by atoms with Crippen LogP contribution in [0.25, 0.3) is 0 Å². The second-order valence-electron chi connectivity index (χ2n) is 8.57. The number of aliphatic hydroxyl groups is 1. The van der Waals surface area contributed by atoms with E-state index in [9.17, 15) is 19.1 Å². The van der Waals surface area contributed by atoms with Gasteiger partial charge in [0, 0.05) is 47.0 Å². The number of pyridine rings is 1. The van der Waals surface area contributed by atoms with Crippen LogP contribution in [0.15, 0.2) is 45.5 Å². The third kappa shape index (κ3) is 3.84. The van der Waals surface area contributed by atoms with Crippen molar-refractivity contribution in [3.05, 3.63) is 79.4 Å². The summed E-state index contributed by atoms with van der Waals surface area (Å²) in [4.78, 5) is 29.9. The number of fused-ring (bicyclic) bond motifs is 4. The predicted molar refractivity (Wildman–Crippen MR) is 130 cm³/mol. The van der Waals surface area contributed by atoms with Crippen LogP contribution in [0.2, 0.25) is 0 Å². The summed E-state index contributed by atoms with van der Waals surface area (Å²) in [7, 11) is 1.19. The lowest BCUT2D eigenvalue weighted by Gasteiger charge is -2.51. The Hall–Kier alpha value is -2.97. The fourth-order valence-corrected chi connectivity index (χ4v) is 7.29. The van der Waals surface area contributed by atoms with Crippen LogP contribution >= 0.6 is 23.1 Å². The maximum atomic E-state index is 15.1. The number of morpholine rings is 1. The van der Waals surface area contributed by atoms with Gasteiger partial charge in [0.2, 0.25) is 11.2 Å². The number of aromatic nitrogens is 1. The minimum absolute atomic E-state index is 0.110. The molecule has 2 aromatic heterocycles. The molecule has 0 spiro atoms. The van der Waals surface area contributed by atoms with Crippen molar-refractivity contribution in [3.63, 3.8) is 0 Å². The standard InChI is InChI=1S/C24H21F2N3O6S2/c1-33-24(32)35-21-15(30)4-6-28-20(21)23(31)27-7-8-34-10-17(27)29(28)19-12-2-3-14(25)18(26)13(12)11-37-16-5-9-36-22(16)19/h2-6,9,17,19,24,32H,7-8,10-11H2,1H3/t17-,19?,24?/m1/s1. The molecule has 3 aliphatic rings. The molecule has 6 rings (SSSR count). The topological polar surface area (TPSA) is 93.5 Å². The van der Waals surface area contributed by atoms with Crippen LogP contribution in [0.3, 0.4) is 0 Å². The second kappa shape index (κ2) is 9.40. The lowest BCUT2D eigenvalue weighted by atomic mass is 9.97. The van der Waals surface area contributed by atoms with E-state index >= 15 is 4.39 Å². The fourth-order valence-electron chi connectivity index (χ4n) is 4.97. The second-order valence-corrected chi connectivity index (χ2v) is 10.5. The van der Waals surface area contributed by atoms with Gasteiger partial charge in [-0.3, -0.25) is 19.3 Å². The Bertz CT molecular complexity index is 1450. The molecule has 1 aromatic carbocycles. The minimum atomic E-state index is -1.78. The number of methoxy groups -OCH3 is 1. The molecule has 37 heavy (non-hydrogen) atoms. The normalized spacial score (nSPS) is 21.5. The van der Waals surface area contributed by atoms with Gasteiger partial charge < -0.3 is 24.2 Å². The minimum Gasteiger partial charge on any atom is -0.435 e. The van der Waals surface area contributed by atoms with E-state index in [1.807, 2.05) is 16.5 Å². The van der Waals surface area contributed by atoms with Crippen LogP contribution in [-0.2, 0) is 15.2 Å². The van der Waals surface area contributed by atoms with E-state index in [4.69, 9.17) is 14.2 Å². The number of carbonyl (C=O) groups excluding carboxylic acids is 1. The van der Waals surface area contributed by atoms with E-state index in [0.29, 0.717) is 5.56 Å². The summed E-state index contributed by atoms with van der Waals surface area (Å²) in [6.45, 7) is -1.11. The number of ether oxygens (including phenoxy) is 3. The summed E-state index contributed by atoms with van der Waals surface area (Å²) in [6, 6.07) is 5.15. The van der Waals surface area contributed by atoms with Crippen LogP contribution in [0, 0.1) is 11.6 Å². The predicted octanol–water partition coefficient (Wildman–Crippen LogP) is 2.63. The van der Waals surface area contributed by atoms with Crippen LogP contribution in [-0.4, -0.2) is 60.1 Å². The summed E-state index contributed by atoms with van der Waals surface area (Å²) in [5, 5.41) is 13.7. The van der Waals surface area contributed by atoms with Crippen molar-refractivity contribution < 1.29 is 32.9 Å². The van der Waals surface area contributed by atoms with Crippen molar-refractivity contribution >= 4 is 29.0 Å². The molecule has 9 nitrogen and oxygen atoms in total. The average molecular weight is 550 g/mol. The number of benzene rings is 1. The number of aliphatic hydroxyl groups excluding tert-OH is 1. The molecule has 0 aliphatic carbocycles. The highest BCUT2D eigenvalue weighted by Gasteiger charge is 2.47. The molecule has 5 heterocycles. The summed E-state index contributed by atoms with van der Waals surface area (Å²) in [5.74, 6) is -2.49. The summed E-state index contributed by atoms with van der Waals surface area (Å²) in [5.41, 5.74) is 0.0361. The maximum Gasteiger partial charge on any atom is 0.313 e. The van der Waals surface area contributed by atoms with Crippen molar-refractivity contribution in [2.75, 3.05) is 31.9 Å². The lowest BCUT2D eigenvalue weighted by Crippen LogP contribution is -2.66. The summed E-state index contributed by atoms with van der Waals surface area (Å²) < 4.78 is 46.8. The maximum absolute atomic E-state index is 15.1. The molecule has 1 saturated heterocycles. The molecule has 2 unspecified atom stereocenters. The lowest BCUT2D eigenvalue weighted by molar-refractivity contribution is -0.201. The number of rotatable bonds is 4. The smallest absolute Gasteiger partial charge is 0.313 e. The molecule has 3 atom stereocenters. The van der Waals surface area contributed by atoms with Crippen molar-refractivity contribution in [1.29, 1.82) is 0 Å². The van der Waals surface area contributed by atoms with E-state index in [2.05, 4.69) is 0 Å². The molecular weight excluding hydrogens is 528 g/mol. The average Bonchev–Trinajstić information content (AvgIpc) is 3.31. The number of thiophene rings is 1. The largest absolute Gasteiger partial charge is 0.435 e. The van der Waals surface area contributed by atoms with Gasteiger partial charge in [0.05, 0.1) is 13.2 Å². The van der Waals surface area contributed by atoms with E-state index in [0.717, 1.165) is 15.8 Å². The molecular formula is C24H21F2N3O6S2. The van der Waals surface area contributed by atoms with Gasteiger partial charge in [0.25, 0.3) is 5.91 Å². The zero-order chi connectivity index (χ0) is 25.8. The summed E-state index contributed by atoms with van der Waals surface area (Å²) in [6.07, 6.45) is 0.818. The van der Waals surface area contributed by atoms with Gasteiger partial charge in [-0.1, -0.05) is 6.07 Å². The van der Waals surface area contributed by atoms with Crippen LogP contribution in [0.4, 0.5) is 8.78 Å². The number of thioether (sulfide) groups is 1. The highest BCUT2D eigenvalue weighted by atomic mass is 32.2. The number of nitrogens with zero attached hydrogens (tertiary/aromatic N) is 3. The molecule has 0 saturated carbocycles. The van der Waals surface area contributed by atoms with E-state index in [1.165, 1.54) is 47.1 Å². The highest BCUT2D eigenvalue weighted by molar-refractivity contribution is 7.98. The van der Waals surface area contributed by atoms with Gasteiger partial charge >= 0.3 is 6.48 Å². The van der Waals surface area contributed by atoms with Crippen molar-refractivity contribution in [1.82, 2.24) is 9.58 Å². The van der Waals surface area contributed by atoms with Crippen LogP contribution < -0.4 is 15.2 Å². The fraction of sp³-hybridized carbons (Fsp3) is 0.333. The van der Waals surface area contributed by atoms with E-state index in [-0.39, 0.29) is 42.5 Å². The third-order valence-electron chi connectivity index (χ3n) is 6.65. The molecule has 0 radical (unpaired) electrons. The third-order valence-corrected chi connectivity index (χ3v) is 8.84. The first-order valence-corrected chi connectivity index (χ1v) is 13.2. The monoisotopic (exact) mass is 549 g/mol. The Labute approximate surface area is 217 Å². The van der Waals surface area contributed by atoms with E-state index < -0.39 is 41.7 Å². The SMILES string of the molecule is COC(O)Oc1c2n(ccc1=O)N(C1c3ccc(F)c(F)c3CSc3ccsc31)[C@@H]1COCCN1C2=O. The van der Waals surface area contributed by atoms with Crippen molar-refractivity contribution in [2.45, 2.75) is 29.3 Å². The Morgan fingerprint density at radius 3 is 2.86 bits per heavy atom. The van der Waals surface area contributed by atoms with Crippen LogP contribution in [0.1, 0.15) is 32.5 Å². The molecule has 3 aromatic rings. The highest BCUT2D eigenvalue weighted by Crippen LogP contribution is 2.47. The van der Waals surface area contributed by atoms with Gasteiger partial charge in [0.1, 0.15) is 12.2 Å². The van der Waals surface area contributed by atoms with Crippen molar-refractivity contribution in [2.24, 2.45) is 0 Å². The van der Waals surface area contributed by atoms with Crippen LogP contribution in [0.5, 0.6) is 5.75 Å². The zero-order valence-corrected chi connectivity index (χ0v) is 21.1. The summed E-state index contributed by atoms with van der Waals surface area (Å²) >= 11 is 2.87. The Morgan fingerprint density at radius 2 is 2.05 bits per heavy atom. The van der Waals surface area contributed by atoms with Gasteiger partial charge in [-0.15, -0.1) is 23.1 Å². The number of carbonyl (C=O) groups is 1. The first-order chi connectivity index (χ1) is 17.9. The molecule has 3 aliphatic heterocycles. The van der Waals surface area contributed by atoms with Gasteiger partial charge in [-0.25, -0.2) is 8.78 Å². The molecule has 0 bridgehead atoms. The van der Waals surface area contributed by atoms with Gasteiger partial charge in [-0.2, -0.15) is 0 Å². The Balaban J connectivity index is 1.63. The number of hydrogen-bond acceptors (Lipinski definition) is 9. The Kier molecular flexibility index (Phi) is 6.19. The van der Waals surface area contributed by atoms with E-state index in [1.54, 1.807) is 11.0 Å². The molecule has 1 amide bonds. The molecule has 194 valence electrons. The number of halogens is 2. The Morgan fingerprint density at radius 1 is 1.22 bits per heavy atom. The van der Waals surface area contributed by atoms with Gasteiger partial charge in [-0.05, 0) is 23.1 Å². The molecule has 1 N–H and O–H groups in total. The van der Waals surface area contributed by atoms with Gasteiger partial charge in [0.15, 0.2) is 17.3 Å².